The molecule has 0 aliphatic carbocycles. The van der Waals surface area contributed by atoms with Gasteiger partial charge in [0.15, 0.2) is 0 Å². The van der Waals surface area contributed by atoms with Crippen LogP contribution in [0.1, 0.15) is 29.3 Å². The maximum atomic E-state index is 11.3. The molecule has 0 atom stereocenters. The van der Waals surface area contributed by atoms with Crippen LogP contribution < -0.4 is 0 Å². The first-order valence-electron chi connectivity index (χ1n) is 4.62. The fourth-order valence-corrected chi connectivity index (χ4v) is 0.881. The SMILES string of the molecule is CCC(=O)OOC(=O)c1ccc(C)cc1. The summed E-state index contributed by atoms with van der Waals surface area (Å²) in [5.74, 6) is -1.24. The van der Waals surface area contributed by atoms with Crippen molar-refractivity contribution in [2.45, 2.75) is 20.3 Å². The fraction of sp³-hybridized carbons (Fsp3) is 0.273. The van der Waals surface area contributed by atoms with E-state index in [0.29, 0.717) is 5.56 Å². The molecule has 0 saturated carbocycles. The van der Waals surface area contributed by atoms with Gasteiger partial charge >= 0.3 is 11.9 Å². The first kappa shape index (κ1) is 11.2. The molecule has 1 rings (SSSR count). The molecule has 0 radical (unpaired) electrons. The van der Waals surface area contributed by atoms with Gasteiger partial charge in [0.05, 0.1) is 5.56 Å². The molecular formula is C11H12O4. The first-order valence-corrected chi connectivity index (χ1v) is 4.62. The average molecular weight is 208 g/mol. The van der Waals surface area contributed by atoms with E-state index < -0.39 is 11.9 Å². The first-order chi connectivity index (χ1) is 7.13. The summed E-state index contributed by atoms with van der Waals surface area (Å²) in [5.41, 5.74) is 1.39. The van der Waals surface area contributed by atoms with Crippen LogP contribution in [0.5, 0.6) is 0 Å². The molecule has 15 heavy (non-hydrogen) atoms. The van der Waals surface area contributed by atoms with Crippen molar-refractivity contribution in [2.75, 3.05) is 0 Å². The van der Waals surface area contributed by atoms with E-state index in [1.165, 1.54) is 0 Å². The summed E-state index contributed by atoms with van der Waals surface area (Å²) < 4.78 is 0. The fourth-order valence-electron chi connectivity index (χ4n) is 0.881. The quantitative estimate of drug-likeness (QED) is 0.551. The van der Waals surface area contributed by atoms with E-state index in [-0.39, 0.29) is 6.42 Å². The summed E-state index contributed by atoms with van der Waals surface area (Å²) in [7, 11) is 0. The Hall–Kier alpha value is -1.84. The molecule has 0 aliphatic heterocycles. The van der Waals surface area contributed by atoms with E-state index in [1.807, 2.05) is 6.92 Å². The van der Waals surface area contributed by atoms with E-state index in [9.17, 15) is 9.59 Å². The zero-order valence-corrected chi connectivity index (χ0v) is 8.65. The molecule has 0 aliphatic rings. The Balaban J connectivity index is 2.54. The number of carbonyl (C=O) groups is 2. The van der Waals surface area contributed by atoms with Crippen molar-refractivity contribution in [3.8, 4) is 0 Å². The molecule has 0 fully saturated rings. The minimum absolute atomic E-state index is 0.168. The lowest BCUT2D eigenvalue weighted by molar-refractivity contribution is -0.233. The van der Waals surface area contributed by atoms with Gasteiger partial charge in [-0.3, -0.25) is 0 Å². The van der Waals surface area contributed by atoms with E-state index in [0.717, 1.165) is 5.56 Å². The van der Waals surface area contributed by atoms with Crippen LogP contribution in [0.15, 0.2) is 24.3 Å². The van der Waals surface area contributed by atoms with Crippen molar-refractivity contribution in [3.05, 3.63) is 35.4 Å². The smallest absolute Gasteiger partial charge is 0.247 e. The second-order valence-electron chi connectivity index (χ2n) is 3.05. The third-order valence-corrected chi connectivity index (χ3v) is 1.79. The topological polar surface area (TPSA) is 52.6 Å². The number of hydrogen-bond donors (Lipinski definition) is 0. The Morgan fingerprint density at radius 3 is 2.27 bits per heavy atom. The average Bonchev–Trinajstić information content (AvgIpc) is 2.26. The third-order valence-electron chi connectivity index (χ3n) is 1.79. The minimum Gasteiger partial charge on any atom is -0.247 e. The second kappa shape index (κ2) is 5.14. The molecule has 0 saturated heterocycles. The standard InChI is InChI=1S/C11H12O4/c1-3-10(12)14-15-11(13)9-6-4-8(2)5-7-9/h4-7H,3H2,1-2H3. The van der Waals surface area contributed by atoms with Gasteiger partial charge in [-0.05, 0) is 19.1 Å². The summed E-state index contributed by atoms with van der Waals surface area (Å²) in [6.45, 7) is 3.52. The van der Waals surface area contributed by atoms with Crippen molar-refractivity contribution in [1.29, 1.82) is 0 Å². The minimum atomic E-state index is -0.670. The summed E-state index contributed by atoms with van der Waals surface area (Å²) in [6.07, 6.45) is 0.168. The Kier molecular flexibility index (Phi) is 3.85. The number of hydrogen-bond acceptors (Lipinski definition) is 4. The molecule has 0 amide bonds. The predicted octanol–water partition coefficient (Wildman–Crippen LogP) is 2.02. The third kappa shape index (κ3) is 3.42. The number of aryl methyl sites for hydroxylation is 1. The lowest BCUT2D eigenvalue weighted by Gasteiger charge is -2.01. The summed E-state index contributed by atoms with van der Waals surface area (Å²) in [6, 6.07) is 6.77. The maximum Gasteiger partial charge on any atom is 0.386 e. The van der Waals surface area contributed by atoms with Crippen LogP contribution in [0.4, 0.5) is 0 Å². The maximum absolute atomic E-state index is 11.3. The van der Waals surface area contributed by atoms with E-state index in [4.69, 9.17) is 0 Å². The van der Waals surface area contributed by atoms with Crippen LogP contribution in [-0.2, 0) is 14.6 Å². The van der Waals surface area contributed by atoms with Gasteiger partial charge in [-0.15, -0.1) is 0 Å². The summed E-state index contributed by atoms with van der Waals surface area (Å²) in [5, 5.41) is 0. The number of carbonyl (C=O) groups excluding carboxylic acids is 2. The van der Waals surface area contributed by atoms with Crippen molar-refractivity contribution in [3.63, 3.8) is 0 Å². The largest absolute Gasteiger partial charge is 0.386 e. The van der Waals surface area contributed by atoms with Crippen LogP contribution >= 0.6 is 0 Å². The Labute approximate surface area is 87.7 Å². The highest BCUT2D eigenvalue weighted by Gasteiger charge is 2.10. The van der Waals surface area contributed by atoms with Crippen LogP contribution in [0.2, 0.25) is 0 Å². The normalized spacial score (nSPS) is 9.47. The molecule has 0 bridgehead atoms. The van der Waals surface area contributed by atoms with Crippen molar-refractivity contribution in [2.24, 2.45) is 0 Å². The van der Waals surface area contributed by atoms with Crippen molar-refractivity contribution in [1.82, 2.24) is 0 Å². The number of rotatable bonds is 2. The molecule has 1 aromatic carbocycles. The monoisotopic (exact) mass is 208 g/mol. The molecule has 0 unspecified atom stereocenters. The van der Waals surface area contributed by atoms with Gasteiger partial charge in [0, 0.05) is 6.42 Å². The van der Waals surface area contributed by atoms with Gasteiger partial charge in [-0.1, -0.05) is 24.6 Å². The lowest BCUT2D eigenvalue weighted by atomic mass is 10.2. The van der Waals surface area contributed by atoms with Gasteiger partial charge in [0.25, 0.3) is 0 Å². The molecule has 80 valence electrons. The van der Waals surface area contributed by atoms with E-state index in [1.54, 1.807) is 31.2 Å². The summed E-state index contributed by atoms with van der Waals surface area (Å²) in [4.78, 5) is 30.6. The van der Waals surface area contributed by atoms with Crippen LogP contribution in [0, 0.1) is 6.92 Å². The van der Waals surface area contributed by atoms with Crippen LogP contribution in [-0.4, -0.2) is 11.9 Å². The van der Waals surface area contributed by atoms with Crippen molar-refractivity contribution < 1.29 is 19.4 Å². The zero-order valence-electron chi connectivity index (χ0n) is 8.65. The highest BCUT2D eigenvalue weighted by atomic mass is 17.2. The van der Waals surface area contributed by atoms with Gasteiger partial charge in [-0.2, -0.15) is 0 Å². The molecule has 0 heterocycles. The summed E-state index contributed by atoms with van der Waals surface area (Å²) >= 11 is 0. The van der Waals surface area contributed by atoms with Crippen LogP contribution in [0.25, 0.3) is 0 Å². The highest BCUT2D eigenvalue weighted by molar-refractivity contribution is 5.89. The molecule has 0 spiro atoms. The molecule has 0 aromatic heterocycles. The molecule has 1 aromatic rings. The lowest BCUT2D eigenvalue weighted by Crippen LogP contribution is -2.10. The highest BCUT2D eigenvalue weighted by Crippen LogP contribution is 2.05. The van der Waals surface area contributed by atoms with Gasteiger partial charge in [0.1, 0.15) is 0 Å². The van der Waals surface area contributed by atoms with Gasteiger partial charge in [0.2, 0.25) is 0 Å². The predicted molar refractivity (Wildman–Crippen MR) is 53.0 cm³/mol. The van der Waals surface area contributed by atoms with Gasteiger partial charge in [-0.25, -0.2) is 19.4 Å². The van der Waals surface area contributed by atoms with E-state index in [2.05, 4.69) is 9.78 Å². The molecular weight excluding hydrogens is 196 g/mol. The second-order valence-corrected chi connectivity index (χ2v) is 3.05. The molecule has 4 nitrogen and oxygen atoms in total. The molecule has 4 heteroatoms. The number of benzene rings is 1. The Morgan fingerprint density at radius 2 is 1.73 bits per heavy atom. The van der Waals surface area contributed by atoms with Gasteiger partial charge < -0.3 is 0 Å². The zero-order chi connectivity index (χ0) is 11.3. The van der Waals surface area contributed by atoms with Crippen LogP contribution in [0.3, 0.4) is 0 Å². The van der Waals surface area contributed by atoms with Crippen molar-refractivity contribution >= 4 is 11.9 Å². The van der Waals surface area contributed by atoms with E-state index >= 15 is 0 Å². The Morgan fingerprint density at radius 1 is 1.13 bits per heavy atom. The Bertz CT molecular complexity index is 353. The molecule has 0 N–H and O–H groups in total.